The molecule has 0 aliphatic carbocycles. The van der Waals surface area contributed by atoms with Gasteiger partial charge in [-0.1, -0.05) is 35.9 Å². The van der Waals surface area contributed by atoms with Crippen LogP contribution in [-0.2, 0) is 19.9 Å². The van der Waals surface area contributed by atoms with Gasteiger partial charge in [0, 0.05) is 38.3 Å². The van der Waals surface area contributed by atoms with Gasteiger partial charge in [0.25, 0.3) is 5.91 Å². The number of sulfonamides is 1. The molecule has 6 N–H and O–H groups in total. The van der Waals surface area contributed by atoms with Gasteiger partial charge in [-0.05, 0) is 49.6 Å². The van der Waals surface area contributed by atoms with Crippen molar-refractivity contribution in [3.8, 4) is 0 Å². The maximum Gasteiger partial charge on any atom is 0.302 e. The second kappa shape index (κ2) is 12.4. The summed E-state index contributed by atoms with van der Waals surface area (Å²) in [5, 5.41) is 5.29. The Morgan fingerprint density at radius 3 is 2.36 bits per heavy atom. The summed E-state index contributed by atoms with van der Waals surface area (Å²) in [5.74, 6) is -1.15. The van der Waals surface area contributed by atoms with Crippen molar-refractivity contribution in [2.45, 2.75) is 39.8 Å². The number of halogens is 1. The van der Waals surface area contributed by atoms with Crippen LogP contribution in [0.15, 0.2) is 69.4 Å². The molecule has 2 amide bonds. The molecule has 248 valence electrons. The zero-order valence-electron chi connectivity index (χ0n) is 25.0. The minimum atomic E-state index is -4.05. The highest BCUT2D eigenvalue weighted by Gasteiger charge is 2.42. The third-order valence-corrected chi connectivity index (χ3v) is 13.0. The van der Waals surface area contributed by atoms with Crippen molar-refractivity contribution in [3.63, 3.8) is 0 Å². The molecule has 3 aliphatic heterocycles. The highest BCUT2D eigenvalue weighted by molar-refractivity contribution is 7.92. The predicted octanol–water partition coefficient (Wildman–Crippen LogP) is 0.895. The molecule has 3 aliphatic rings. The number of nitrogen functional groups attached to an aromatic ring is 2. The number of carbonyl (C=O) groups is 2. The zero-order chi connectivity index (χ0) is 33.6. The van der Waals surface area contributed by atoms with E-state index in [0.717, 1.165) is 4.31 Å². The quantitative estimate of drug-likeness (QED) is 0.281. The SMILES string of the molecule is Nc1nc(N)c(C(=O)/N=C2\NCC3(CCN(C(=O)c4cccc(S(=O)(=O)N5CCC(S(=O)(=O)c6ccccc6)C5)c4)CC3)N2)nc1Cl. The molecule has 1 unspecified atom stereocenters. The summed E-state index contributed by atoms with van der Waals surface area (Å²) in [4.78, 5) is 39.6. The summed E-state index contributed by atoms with van der Waals surface area (Å²) >= 11 is 5.88. The van der Waals surface area contributed by atoms with E-state index in [9.17, 15) is 26.4 Å². The number of nitrogens with two attached hydrogens (primary N) is 2. The van der Waals surface area contributed by atoms with E-state index in [2.05, 4.69) is 25.6 Å². The number of sulfone groups is 1. The van der Waals surface area contributed by atoms with Crippen molar-refractivity contribution in [3.05, 3.63) is 71.0 Å². The second-order valence-corrected chi connectivity index (χ2v) is 16.1. The van der Waals surface area contributed by atoms with Crippen LogP contribution in [0.1, 0.15) is 40.1 Å². The van der Waals surface area contributed by atoms with Crippen LogP contribution >= 0.6 is 11.6 Å². The largest absolute Gasteiger partial charge is 0.382 e. The molecule has 1 atom stereocenters. The second-order valence-electron chi connectivity index (χ2n) is 11.6. The third kappa shape index (κ3) is 6.35. The Bertz CT molecular complexity index is 1990. The molecule has 0 saturated carbocycles. The Hall–Kier alpha value is -4.32. The van der Waals surface area contributed by atoms with E-state index in [1.54, 1.807) is 29.2 Å². The number of hydrogen-bond acceptors (Lipinski definition) is 10. The summed E-state index contributed by atoms with van der Waals surface area (Å²) in [6.07, 6.45) is 1.22. The van der Waals surface area contributed by atoms with Crippen molar-refractivity contribution in [2.24, 2.45) is 4.99 Å². The molecule has 3 saturated heterocycles. The van der Waals surface area contributed by atoms with Gasteiger partial charge in [0.05, 0.1) is 20.6 Å². The number of nitrogens with zero attached hydrogens (tertiary/aromatic N) is 5. The standard InChI is InChI=1S/C29H32ClN9O6S2/c30-23-25(32)35-24(31)22(34-23)26(40)36-28-33-17-29(37-28)10-13-38(14-11-29)27(41)18-5-4-8-20(15-18)47(44,45)39-12-9-21(16-39)46(42,43)19-6-2-1-3-7-19/h1-8,15,21H,9-14,16-17H2,(H4,31,32,35)(H2,33,36,37,40). The molecule has 18 heteroatoms. The number of benzene rings is 2. The van der Waals surface area contributed by atoms with E-state index in [-0.39, 0.29) is 69.2 Å². The van der Waals surface area contributed by atoms with Crippen LogP contribution in [0.4, 0.5) is 11.6 Å². The van der Waals surface area contributed by atoms with E-state index < -0.39 is 36.6 Å². The molecule has 6 rings (SSSR count). The van der Waals surface area contributed by atoms with Crippen molar-refractivity contribution in [2.75, 3.05) is 44.2 Å². The van der Waals surface area contributed by atoms with Crippen LogP contribution in [0.3, 0.4) is 0 Å². The lowest BCUT2D eigenvalue weighted by Gasteiger charge is -2.38. The Morgan fingerprint density at radius 2 is 1.64 bits per heavy atom. The Labute approximate surface area is 276 Å². The van der Waals surface area contributed by atoms with Crippen LogP contribution in [0.5, 0.6) is 0 Å². The number of rotatable bonds is 6. The van der Waals surface area contributed by atoms with Crippen molar-refractivity contribution in [1.29, 1.82) is 0 Å². The summed E-state index contributed by atoms with van der Waals surface area (Å²) in [7, 11) is -7.76. The average Bonchev–Trinajstić information content (AvgIpc) is 3.72. The van der Waals surface area contributed by atoms with E-state index in [4.69, 9.17) is 23.1 Å². The number of aliphatic imine (C=N–C) groups is 1. The lowest BCUT2D eigenvalue weighted by atomic mass is 9.88. The minimum absolute atomic E-state index is 0.0535. The van der Waals surface area contributed by atoms with Gasteiger partial charge in [-0.25, -0.2) is 26.8 Å². The van der Waals surface area contributed by atoms with Crippen molar-refractivity contribution < 1.29 is 26.4 Å². The number of carbonyl (C=O) groups excluding carboxylic acids is 2. The van der Waals surface area contributed by atoms with E-state index in [1.807, 2.05) is 0 Å². The van der Waals surface area contributed by atoms with Gasteiger partial charge in [-0.3, -0.25) is 9.59 Å². The number of guanidine groups is 1. The highest BCUT2D eigenvalue weighted by atomic mass is 35.5. The predicted molar refractivity (Wildman–Crippen MR) is 174 cm³/mol. The molecule has 15 nitrogen and oxygen atoms in total. The first-order chi connectivity index (χ1) is 22.3. The van der Waals surface area contributed by atoms with Crippen LogP contribution in [0.25, 0.3) is 0 Å². The summed E-state index contributed by atoms with van der Waals surface area (Å²) < 4.78 is 54.4. The first-order valence-corrected chi connectivity index (χ1v) is 18.1. The van der Waals surface area contributed by atoms with Gasteiger partial charge in [-0.15, -0.1) is 0 Å². The van der Waals surface area contributed by atoms with E-state index >= 15 is 0 Å². The smallest absolute Gasteiger partial charge is 0.302 e. The summed E-state index contributed by atoms with van der Waals surface area (Å²) in [5.41, 5.74) is 10.8. The van der Waals surface area contributed by atoms with Gasteiger partial charge in [-0.2, -0.15) is 9.30 Å². The first-order valence-electron chi connectivity index (χ1n) is 14.7. The minimum Gasteiger partial charge on any atom is -0.382 e. The van der Waals surface area contributed by atoms with Crippen molar-refractivity contribution in [1.82, 2.24) is 29.8 Å². The molecule has 1 aromatic heterocycles. The monoisotopic (exact) mass is 701 g/mol. The number of likely N-dealkylation sites (tertiary alicyclic amines) is 1. The molecule has 3 aromatic rings. The molecule has 4 heterocycles. The van der Waals surface area contributed by atoms with Crippen molar-refractivity contribution >= 4 is 60.9 Å². The molecule has 0 bridgehead atoms. The summed E-state index contributed by atoms with van der Waals surface area (Å²) in [6.45, 7) is 1.07. The first kappa shape index (κ1) is 32.6. The maximum absolute atomic E-state index is 13.5. The lowest BCUT2D eigenvalue weighted by Crippen LogP contribution is -2.53. The fourth-order valence-corrected chi connectivity index (χ4v) is 9.43. The zero-order valence-corrected chi connectivity index (χ0v) is 27.4. The molecule has 1 spiro atoms. The Balaban J connectivity index is 1.09. The van der Waals surface area contributed by atoms with Gasteiger partial charge in [0.15, 0.2) is 38.3 Å². The number of hydrogen-bond donors (Lipinski definition) is 4. The van der Waals surface area contributed by atoms with Gasteiger partial charge < -0.3 is 27.0 Å². The Morgan fingerprint density at radius 1 is 0.936 bits per heavy atom. The number of aromatic nitrogens is 2. The normalized spacial score (nSPS) is 20.7. The molecule has 2 aromatic carbocycles. The molecular formula is C29H32ClN9O6S2. The summed E-state index contributed by atoms with van der Waals surface area (Å²) in [6, 6.07) is 13.8. The van der Waals surface area contributed by atoms with Gasteiger partial charge in [0.1, 0.15) is 0 Å². The molecule has 0 radical (unpaired) electrons. The van der Waals surface area contributed by atoms with Gasteiger partial charge >= 0.3 is 5.91 Å². The Kier molecular flexibility index (Phi) is 8.58. The maximum atomic E-state index is 13.5. The van der Waals surface area contributed by atoms with Gasteiger partial charge in [0.2, 0.25) is 10.0 Å². The van der Waals surface area contributed by atoms with Crippen LogP contribution in [-0.4, -0.2) is 97.3 Å². The third-order valence-electron chi connectivity index (χ3n) is 8.64. The molecule has 3 fully saturated rings. The van der Waals surface area contributed by atoms with Crippen LogP contribution in [0, 0.1) is 0 Å². The fourth-order valence-electron chi connectivity index (χ4n) is 5.95. The number of piperidine rings is 1. The number of anilines is 2. The highest BCUT2D eigenvalue weighted by Crippen LogP contribution is 2.30. The van der Waals surface area contributed by atoms with Crippen LogP contribution in [0.2, 0.25) is 5.15 Å². The molecular weight excluding hydrogens is 670 g/mol. The van der Waals surface area contributed by atoms with Crippen LogP contribution < -0.4 is 22.1 Å². The molecule has 47 heavy (non-hydrogen) atoms. The lowest BCUT2D eigenvalue weighted by molar-refractivity contribution is 0.0668. The topological polar surface area (TPSA) is 223 Å². The average molecular weight is 702 g/mol. The fraction of sp³-hybridized carbons (Fsp3) is 0.345. The number of nitrogens with one attached hydrogen (secondary N) is 2. The van der Waals surface area contributed by atoms with E-state index in [1.165, 1.54) is 30.3 Å². The number of amides is 2. The van der Waals surface area contributed by atoms with E-state index in [0.29, 0.717) is 32.5 Å².